The summed E-state index contributed by atoms with van der Waals surface area (Å²) < 4.78 is 12.2. The van der Waals surface area contributed by atoms with Gasteiger partial charge in [-0.05, 0) is 39.0 Å². The van der Waals surface area contributed by atoms with Gasteiger partial charge in [-0.2, -0.15) is 0 Å². The van der Waals surface area contributed by atoms with E-state index < -0.39 is 41.6 Å². The standard InChI is InChI=1S/C26H38N2O6/c1-4-11-17(3)27-14-10-13-26-21(23(30)28(18(5-2)16-29)22(26)24(27)31)20-19(34-26)12-8-6-7-9-15-33-25(20)32/h8,10,12-13,17-22,29H,4-7,9,11,14-16H2,1-3H3/b12-8-/t17?,18-,19-,20+,21-,22?,26-/m0/s1. The fraction of sp³-hybridized carbons (Fsp3) is 0.731. The summed E-state index contributed by atoms with van der Waals surface area (Å²) in [5.74, 6) is -2.66. The Bertz CT molecular complexity index is 852. The van der Waals surface area contributed by atoms with Crippen LogP contribution in [0, 0.1) is 11.8 Å². The van der Waals surface area contributed by atoms with Gasteiger partial charge in [0.25, 0.3) is 0 Å². The van der Waals surface area contributed by atoms with Crippen LogP contribution in [0.4, 0.5) is 0 Å². The number of nitrogens with zero attached hydrogens (tertiary/aromatic N) is 2. The van der Waals surface area contributed by atoms with Gasteiger partial charge in [0.05, 0.1) is 31.3 Å². The molecule has 0 bridgehead atoms. The maximum absolute atomic E-state index is 14.1. The Morgan fingerprint density at radius 1 is 1.18 bits per heavy atom. The van der Waals surface area contributed by atoms with Crippen LogP contribution in [0.5, 0.6) is 0 Å². The third-order valence-corrected chi connectivity index (χ3v) is 7.88. The molecule has 0 saturated carbocycles. The average molecular weight is 475 g/mol. The number of rotatable bonds is 6. The van der Waals surface area contributed by atoms with Crippen molar-refractivity contribution in [3.63, 3.8) is 0 Å². The lowest BCUT2D eigenvalue weighted by Gasteiger charge is -2.39. The van der Waals surface area contributed by atoms with Crippen molar-refractivity contribution < 1.29 is 29.0 Å². The molecule has 4 heterocycles. The van der Waals surface area contributed by atoms with Gasteiger partial charge in [-0.15, -0.1) is 0 Å². The fourth-order valence-corrected chi connectivity index (χ4v) is 6.15. The molecule has 2 fully saturated rings. The van der Waals surface area contributed by atoms with Gasteiger partial charge in [-0.25, -0.2) is 0 Å². The van der Waals surface area contributed by atoms with Gasteiger partial charge >= 0.3 is 5.97 Å². The maximum atomic E-state index is 14.1. The summed E-state index contributed by atoms with van der Waals surface area (Å²) in [5.41, 5.74) is -1.27. The second-order valence-electron chi connectivity index (χ2n) is 9.95. The fourth-order valence-electron chi connectivity index (χ4n) is 6.15. The highest BCUT2D eigenvalue weighted by Crippen LogP contribution is 2.53. The topological polar surface area (TPSA) is 96.4 Å². The molecule has 0 aromatic rings. The summed E-state index contributed by atoms with van der Waals surface area (Å²) in [7, 11) is 0. The quantitative estimate of drug-likeness (QED) is 0.468. The van der Waals surface area contributed by atoms with Gasteiger partial charge < -0.3 is 24.4 Å². The van der Waals surface area contributed by atoms with Crippen LogP contribution in [0.2, 0.25) is 0 Å². The number of carbonyl (C=O) groups excluding carboxylic acids is 3. The normalized spacial score (nSPS) is 36.3. The molecule has 2 saturated heterocycles. The molecule has 34 heavy (non-hydrogen) atoms. The van der Waals surface area contributed by atoms with Crippen molar-refractivity contribution in [3.05, 3.63) is 24.3 Å². The van der Waals surface area contributed by atoms with Crippen LogP contribution in [0.25, 0.3) is 0 Å². The smallest absolute Gasteiger partial charge is 0.312 e. The highest BCUT2D eigenvalue weighted by atomic mass is 16.6. The number of carbonyl (C=O) groups is 3. The molecule has 4 aliphatic heterocycles. The predicted molar refractivity (Wildman–Crippen MR) is 126 cm³/mol. The van der Waals surface area contributed by atoms with Gasteiger partial charge in [-0.1, -0.05) is 44.6 Å². The van der Waals surface area contributed by atoms with Gasteiger partial charge in [0.15, 0.2) is 0 Å². The summed E-state index contributed by atoms with van der Waals surface area (Å²) in [6.07, 6.45) is 11.7. The summed E-state index contributed by atoms with van der Waals surface area (Å²) >= 11 is 0. The first kappa shape index (κ1) is 24.9. The first-order chi connectivity index (χ1) is 16.4. The number of cyclic esters (lactones) is 1. The second-order valence-corrected chi connectivity index (χ2v) is 9.95. The minimum absolute atomic E-state index is 0.00512. The van der Waals surface area contributed by atoms with E-state index in [0.717, 1.165) is 32.1 Å². The monoisotopic (exact) mass is 474 g/mol. The molecule has 0 aliphatic carbocycles. The van der Waals surface area contributed by atoms with Crippen molar-refractivity contribution >= 4 is 17.8 Å². The van der Waals surface area contributed by atoms with Gasteiger partial charge in [0.1, 0.15) is 17.6 Å². The summed E-state index contributed by atoms with van der Waals surface area (Å²) in [6.45, 7) is 6.45. The largest absolute Gasteiger partial charge is 0.465 e. The first-order valence-corrected chi connectivity index (χ1v) is 12.8. The number of allylic oxidation sites excluding steroid dienone is 1. The Morgan fingerprint density at radius 2 is 1.97 bits per heavy atom. The van der Waals surface area contributed by atoms with E-state index in [1.807, 2.05) is 38.2 Å². The highest BCUT2D eigenvalue weighted by Gasteiger charge is 2.72. The molecule has 8 nitrogen and oxygen atoms in total. The van der Waals surface area contributed by atoms with E-state index in [4.69, 9.17) is 9.47 Å². The van der Waals surface area contributed by atoms with Crippen LogP contribution < -0.4 is 0 Å². The zero-order valence-electron chi connectivity index (χ0n) is 20.5. The van der Waals surface area contributed by atoms with Crippen molar-refractivity contribution in [1.82, 2.24) is 9.80 Å². The van der Waals surface area contributed by atoms with E-state index in [1.54, 1.807) is 4.90 Å². The number of hydrogen-bond donors (Lipinski definition) is 1. The van der Waals surface area contributed by atoms with Crippen molar-refractivity contribution in [2.75, 3.05) is 19.8 Å². The van der Waals surface area contributed by atoms with Crippen LogP contribution >= 0.6 is 0 Å². The lowest BCUT2D eigenvalue weighted by Crippen LogP contribution is -2.59. The lowest BCUT2D eigenvalue weighted by molar-refractivity contribution is -0.156. The Balaban J connectivity index is 1.83. The number of hydrogen-bond acceptors (Lipinski definition) is 6. The van der Waals surface area contributed by atoms with E-state index in [0.29, 0.717) is 19.6 Å². The molecule has 4 aliphatic rings. The van der Waals surface area contributed by atoms with Gasteiger partial charge in [0.2, 0.25) is 11.8 Å². The number of aliphatic hydroxyl groups excluding tert-OH is 1. The molecule has 0 radical (unpaired) electrons. The molecule has 2 amide bonds. The number of aliphatic hydroxyl groups is 1. The van der Waals surface area contributed by atoms with E-state index in [-0.39, 0.29) is 24.5 Å². The second kappa shape index (κ2) is 10.2. The van der Waals surface area contributed by atoms with Crippen molar-refractivity contribution in [2.24, 2.45) is 11.8 Å². The Morgan fingerprint density at radius 3 is 2.68 bits per heavy atom. The summed E-state index contributed by atoms with van der Waals surface area (Å²) in [4.78, 5) is 44.7. The molecule has 1 spiro atoms. The number of fused-ring (bicyclic) bond motifs is 2. The molecule has 0 aromatic heterocycles. The zero-order valence-corrected chi connectivity index (χ0v) is 20.5. The first-order valence-electron chi connectivity index (χ1n) is 12.8. The molecule has 2 unspecified atom stereocenters. The van der Waals surface area contributed by atoms with Gasteiger partial charge in [-0.3, -0.25) is 14.4 Å². The van der Waals surface area contributed by atoms with Crippen LogP contribution in [-0.4, -0.2) is 82.3 Å². The Kier molecular flexibility index (Phi) is 7.48. The van der Waals surface area contributed by atoms with Crippen LogP contribution in [-0.2, 0) is 23.9 Å². The maximum Gasteiger partial charge on any atom is 0.312 e. The molecular weight excluding hydrogens is 436 g/mol. The van der Waals surface area contributed by atoms with Crippen molar-refractivity contribution in [1.29, 1.82) is 0 Å². The molecule has 1 N–H and O–H groups in total. The van der Waals surface area contributed by atoms with Crippen LogP contribution in [0.1, 0.15) is 59.3 Å². The lowest BCUT2D eigenvalue weighted by atomic mass is 9.77. The van der Waals surface area contributed by atoms with E-state index in [1.165, 1.54) is 4.90 Å². The molecular formula is C26H38N2O6. The minimum Gasteiger partial charge on any atom is -0.465 e. The van der Waals surface area contributed by atoms with E-state index in [2.05, 4.69) is 6.92 Å². The number of amides is 2. The summed E-state index contributed by atoms with van der Waals surface area (Å²) in [6, 6.07) is -1.47. The zero-order chi connectivity index (χ0) is 24.5. The molecule has 4 rings (SSSR count). The van der Waals surface area contributed by atoms with Crippen LogP contribution in [0.3, 0.4) is 0 Å². The average Bonchev–Trinajstić information content (AvgIpc) is 3.20. The SMILES string of the molecule is CCCC(C)N1CC=C[C@]23O[C@H]4/C=C\CCCCOC(=O)[C@H]4[C@H]2C(=O)N([C@@H](CC)CO)C3C1=O. The van der Waals surface area contributed by atoms with Crippen LogP contribution in [0.15, 0.2) is 24.3 Å². The molecule has 8 heteroatoms. The van der Waals surface area contributed by atoms with Gasteiger partial charge in [0, 0.05) is 12.6 Å². The number of ether oxygens (including phenoxy) is 2. The molecule has 7 atom stereocenters. The molecule has 0 aromatic carbocycles. The third-order valence-electron chi connectivity index (χ3n) is 7.88. The molecule has 188 valence electrons. The minimum atomic E-state index is -1.27. The Labute approximate surface area is 201 Å². The predicted octanol–water partition coefficient (Wildman–Crippen LogP) is 2.21. The van der Waals surface area contributed by atoms with Crippen molar-refractivity contribution in [3.8, 4) is 0 Å². The van der Waals surface area contributed by atoms with E-state index >= 15 is 0 Å². The number of likely N-dealkylation sites (tertiary alicyclic amines) is 1. The number of esters is 1. The third kappa shape index (κ3) is 3.98. The van der Waals surface area contributed by atoms with Crippen molar-refractivity contribution in [2.45, 2.75) is 89.1 Å². The highest BCUT2D eigenvalue weighted by molar-refractivity contribution is 5.99. The Hall–Kier alpha value is -2.19. The van der Waals surface area contributed by atoms with E-state index in [9.17, 15) is 19.5 Å². The summed E-state index contributed by atoms with van der Waals surface area (Å²) in [5, 5.41) is 10.1.